The van der Waals surface area contributed by atoms with Crippen LogP contribution in [-0.2, 0) is 7.05 Å². The first-order chi connectivity index (χ1) is 15.0. The van der Waals surface area contributed by atoms with E-state index in [-0.39, 0.29) is 10.6 Å². The zero-order valence-electron chi connectivity index (χ0n) is 16.7. The number of hydrogen-bond donors (Lipinski definition) is 2. The number of pyridine rings is 1. The maximum atomic E-state index is 14.0. The molecule has 156 valence electrons. The van der Waals surface area contributed by atoms with Crippen LogP contribution in [0, 0.1) is 5.82 Å². The minimum Gasteiger partial charge on any atom is -0.355 e. The van der Waals surface area contributed by atoms with Gasteiger partial charge >= 0.3 is 0 Å². The Balaban J connectivity index is 1.91. The van der Waals surface area contributed by atoms with E-state index in [1.165, 1.54) is 24.1 Å². The minimum atomic E-state index is -0.499. The summed E-state index contributed by atoms with van der Waals surface area (Å²) in [5.74, 6) is -0.499. The molecule has 0 fully saturated rings. The van der Waals surface area contributed by atoms with Gasteiger partial charge in [0.05, 0.1) is 5.02 Å². The molecule has 1 aromatic heterocycles. The van der Waals surface area contributed by atoms with Gasteiger partial charge in [-0.3, -0.25) is 4.79 Å². The highest BCUT2D eigenvalue weighted by Gasteiger charge is 2.14. The zero-order chi connectivity index (χ0) is 22.0. The van der Waals surface area contributed by atoms with Crippen molar-refractivity contribution in [3.63, 3.8) is 0 Å². The normalized spacial score (nSPS) is 10.8. The van der Waals surface area contributed by atoms with Gasteiger partial charge in [-0.05, 0) is 65.2 Å². The number of rotatable bonds is 6. The predicted molar refractivity (Wildman–Crippen MR) is 131 cm³/mol. The summed E-state index contributed by atoms with van der Waals surface area (Å²) in [5, 5.41) is 6.51. The average molecular weight is 452 g/mol. The largest absolute Gasteiger partial charge is 0.355 e. The Kier molecular flexibility index (Phi) is 6.02. The highest BCUT2D eigenvalue weighted by molar-refractivity contribution is 8.03. The first-order valence-corrected chi connectivity index (χ1v) is 10.7. The summed E-state index contributed by atoms with van der Waals surface area (Å²) in [6.45, 7) is 3.71. The highest BCUT2D eigenvalue weighted by Crippen LogP contribution is 2.37. The first kappa shape index (κ1) is 21.0. The maximum Gasteiger partial charge on any atom is 0.258 e. The summed E-state index contributed by atoms with van der Waals surface area (Å²) in [4.78, 5) is 12.6. The summed E-state index contributed by atoms with van der Waals surface area (Å²) in [6.07, 6.45) is 1.82. The Morgan fingerprint density at radius 3 is 2.52 bits per heavy atom. The summed E-state index contributed by atoms with van der Waals surface area (Å²) >= 11 is 7.19. The van der Waals surface area contributed by atoms with E-state index in [4.69, 9.17) is 11.6 Å². The topological polar surface area (TPSA) is 46.1 Å². The molecule has 0 bridgehead atoms. The van der Waals surface area contributed by atoms with Gasteiger partial charge in [0.1, 0.15) is 5.82 Å². The predicted octanol–water partition coefficient (Wildman–Crippen LogP) is 6.95. The van der Waals surface area contributed by atoms with E-state index < -0.39 is 5.82 Å². The maximum absolute atomic E-state index is 14.0. The molecular formula is C24H19ClFN3OS. The Hall–Kier alpha value is -3.22. The summed E-state index contributed by atoms with van der Waals surface area (Å²) in [5.41, 5.74) is 3.87. The third kappa shape index (κ3) is 4.31. The van der Waals surface area contributed by atoms with Crippen LogP contribution in [0.1, 0.15) is 0 Å². The van der Waals surface area contributed by atoms with Crippen LogP contribution in [0.2, 0.25) is 5.02 Å². The standard InChI is InChI=1S/C24H19ClFN3OS/c1-3-31-28-16-9-11-23(27-15-8-10-21(25)22(26)13-15)19(12-16)20-14-29(2)24(30)18-7-5-4-6-17(18)20/h3-14,27-28H,1H2,2H3. The van der Waals surface area contributed by atoms with E-state index in [1.54, 1.807) is 23.1 Å². The number of halogens is 2. The average Bonchev–Trinajstić information content (AvgIpc) is 2.78. The number of hydrogen-bond acceptors (Lipinski definition) is 4. The molecule has 0 amide bonds. The fourth-order valence-corrected chi connectivity index (χ4v) is 3.87. The molecule has 2 N–H and O–H groups in total. The van der Waals surface area contributed by atoms with Gasteiger partial charge in [0.25, 0.3) is 5.56 Å². The molecule has 4 nitrogen and oxygen atoms in total. The molecule has 4 rings (SSSR count). The van der Waals surface area contributed by atoms with Crippen molar-refractivity contribution in [3.8, 4) is 11.1 Å². The van der Waals surface area contributed by atoms with Crippen molar-refractivity contribution in [1.29, 1.82) is 0 Å². The van der Waals surface area contributed by atoms with Crippen molar-refractivity contribution in [1.82, 2.24) is 4.57 Å². The van der Waals surface area contributed by atoms with E-state index in [1.807, 2.05) is 48.7 Å². The molecule has 0 aliphatic rings. The van der Waals surface area contributed by atoms with Crippen molar-refractivity contribution in [2.75, 3.05) is 10.0 Å². The Morgan fingerprint density at radius 1 is 1.03 bits per heavy atom. The van der Waals surface area contributed by atoms with Gasteiger partial charge < -0.3 is 14.6 Å². The molecular weight excluding hydrogens is 433 g/mol. The fraction of sp³-hybridized carbons (Fsp3) is 0.0417. The molecule has 0 aliphatic carbocycles. The van der Waals surface area contributed by atoms with Crippen molar-refractivity contribution in [2.45, 2.75) is 0 Å². The molecule has 0 saturated heterocycles. The molecule has 0 spiro atoms. The van der Waals surface area contributed by atoms with E-state index in [9.17, 15) is 9.18 Å². The van der Waals surface area contributed by atoms with E-state index >= 15 is 0 Å². The second kappa shape index (κ2) is 8.88. The van der Waals surface area contributed by atoms with E-state index in [0.717, 1.165) is 27.9 Å². The van der Waals surface area contributed by atoms with Crippen LogP contribution >= 0.6 is 23.5 Å². The van der Waals surface area contributed by atoms with Crippen LogP contribution in [0.3, 0.4) is 0 Å². The number of anilines is 3. The summed E-state index contributed by atoms with van der Waals surface area (Å²) < 4.78 is 18.8. The third-order valence-corrected chi connectivity index (χ3v) is 5.69. The summed E-state index contributed by atoms with van der Waals surface area (Å²) in [7, 11) is 1.73. The summed E-state index contributed by atoms with van der Waals surface area (Å²) in [6, 6.07) is 17.9. The van der Waals surface area contributed by atoms with Crippen LogP contribution < -0.4 is 15.6 Å². The van der Waals surface area contributed by atoms with Crippen LogP contribution in [0.25, 0.3) is 21.9 Å². The minimum absolute atomic E-state index is 0.0647. The molecule has 0 unspecified atom stereocenters. The molecule has 7 heteroatoms. The van der Waals surface area contributed by atoms with Crippen LogP contribution in [-0.4, -0.2) is 4.57 Å². The Bertz CT molecular complexity index is 1350. The smallest absolute Gasteiger partial charge is 0.258 e. The third-order valence-electron chi connectivity index (χ3n) is 4.86. The first-order valence-electron chi connectivity index (χ1n) is 9.45. The highest BCUT2D eigenvalue weighted by atomic mass is 35.5. The van der Waals surface area contributed by atoms with Crippen LogP contribution in [0.15, 0.2) is 83.6 Å². The second-order valence-corrected chi connectivity index (χ2v) is 8.09. The van der Waals surface area contributed by atoms with Crippen LogP contribution in [0.4, 0.5) is 21.5 Å². The molecule has 1 heterocycles. The number of aromatic nitrogens is 1. The number of aryl methyl sites for hydroxylation is 1. The Morgan fingerprint density at radius 2 is 1.77 bits per heavy atom. The number of nitrogens with zero attached hydrogens (tertiary/aromatic N) is 1. The molecule has 0 aliphatic heterocycles. The number of benzene rings is 3. The van der Waals surface area contributed by atoms with Crippen molar-refractivity contribution in [2.24, 2.45) is 7.05 Å². The lowest BCUT2D eigenvalue weighted by atomic mass is 9.98. The molecule has 4 aromatic rings. The van der Waals surface area contributed by atoms with Crippen molar-refractivity contribution in [3.05, 3.63) is 100 Å². The lowest BCUT2D eigenvalue weighted by Gasteiger charge is -2.17. The van der Waals surface area contributed by atoms with E-state index in [0.29, 0.717) is 11.1 Å². The number of nitrogens with one attached hydrogen (secondary N) is 2. The lowest BCUT2D eigenvalue weighted by molar-refractivity contribution is 0.629. The zero-order valence-corrected chi connectivity index (χ0v) is 18.2. The van der Waals surface area contributed by atoms with Gasteiger partial charge in [-0.1, -0.05) is 36.4 Å². The second-order valence-electron chi connectivity index (χ2n) is 6.91. The monoisotopic (exact) mass is 451 g/mol. The van der Waals surface area contributed by atoms with Crippen molar-refractivity contribution < 1.29 is 4.39 Å². The molecule has 0 radical (unpaired) electrons. The van der Waals surface area contributed by atoms with Gasteiger partial charge in [-0.2, -0.15) is 0 Å². The SMILES string of the molecule is C=CSNc1ccc(Nc2ccc(Cl)c(F)c2)c(-c2cn(C)c(=O)c3ccccc23)c1. The Labute approximate surface area is 188 Å². The van der Waals surface area contributed by atoms with Gasteiger partial charge in [0.2, 0.25) is 0 Å². The van der Waals surface area contributed by atoms with Crippen molar-refractivity contribution >= 4 is 51.4 Å². The van der Waals surface area contributed by atoms with Gasteiger partial charge in [0.15, 0.2) is 0 Å². The quantitative estimate of drug-likeness (QED) is 0.311. The molecule has 0 saturated carbocycles. The fourth-order valence-electron chi connectivity index (χ4n) is 3.41. The number of fused-ring (bicyclic) bond motifs is 1. The van der Waals surface area contributed by atoms with Crippen LogP contribution in [0.5, 0.6) is 0 Å². The molecule has 31 heavy (non-hydrogen) atoms. The van der Waals surface area contributed by atoms with E-state index in [2.05, 4.69) is 16.6 Å². The van der Waals surface area contributed by atoms with Gasteiger partial charge in [0, 0.05) is 46.8 Å². The molecule has 3 aromatic carbocycles. The van der Waals surface area contributed by atoms with Gasteiger partial charge in [-0.25, -0.2) is 4.39 Å². The lowest BCUT2D eigenvalue weighted by Crippen LogP contribution is -2.16. The molecule has 0 atom stereocenters. The van der Waals surface area contributed by atoms with Gasteiger partial charge in [-0.15, -0.1) is 0 Å².